The number of carbonyl (C=O) groups excluding carboxylic acids is 5. The second kappa shape index (κ2) is 13.2. The van der Waals surface area contributed by atoms with Crippen LogP contribution in [0, 0.1) is 0 Å². The molecule has 15 heteroatoms. The van der Waals surface area contributed by atoms with E-state index in [9.17, 15) is 24.0 Å². The Morgan fingerprint density at radius 3 is 2.19 bits per heavy atom. The fraction of sp³-hybridized carbons (Fsp3) is 0.667. The fourth-order valence-corrected chi connectivity index (χ4v) is 3.13. The Morgan fingerprint density at radius 1 is 1.11 bits per heavy atom. The van der Waals surface area contributed by atoms with Crippen LogP contribution in [0.4, 0.5) is 4.79 Å². The second-order valence-electron chi connectivity index (χ2n) is 8.50. The van der Waals surface area contributed by atoms with Crippen LogP contribution in [-0.2, 0) is 47.6 Å². The molecule has 1 N–H and O–H groups in total. The number of alkyl carbamates (subject to hydrolysis) is 1. The highest BCUT2D eigenvalue weighted by molar-refractivity contribution is 5.86. The van der Waals surface area contributed by atoms with Gasteiger partial charge in [0, 0.05) is 25.7 Å². The molecule has 0 spiro atoms. The SMILES string of the molecule is COC(=O)C1=CC(N=[N+]=[N-])C(NC(=O)OC(C)(C)C)C(C(OC(C)=O)C(COC(C)=O)OC(C)=O)O1. The molecule has 200 valence electrons. The molecule has 1 aliphatic rings. The van der Waals surface area contributed by atoms with Crippen molar-refractivity contribution in [3.05, 3.63) is 22.3 Å². The van der Waals surface area contributed by atoms with E-state index in [1.165, 1.54) is 0 Å². The molecule has 1 rings (SSSR count). The van der Waals surface area contributed by atoms with Gasteiger partial charge in [0.15, 0.2) is 18.3 Å². The number of carbonyl (C=O) groups is 5. The zero-order valence-corrected chi connectivity index (χ0v) is 21.0. The molecular formula is C21H30N4O11. The lowest BCUT2D eigenvalue weighted by atomic mass is 9.92. The third-order valence-corrected chi connectivity index (χ3v) is 4.32. The van der Waals surface area contributed by atoms with Gasteiger partial charge in [-0.15, -0.1) is 0 Å². The second-order valence-corrected chi connectivity index (χ2v) is 8.50. The van der Waals surface area contributed by atoms with Crippen molar-refractivity contribution in [2.24, 2.45) is 5.11 Å². The molecule has 1 amide bonds. The first-order valence-electron chi connectivity index (χ1n) is 10.7. The maximum absolute atomic E-state index is 12.6. The normalized spacial score (nSPS) is 20.6. The molecule has 0 fully saturated rings. The minimum atomic E-state index is -1.57. The van der Waals surface area contributed by atoms with Crippen LogP contribution in [0.15, 0.2) is 16.9 Å². The van der Waals surface area contributed by atoms with E-state index < -0.39 is 78.3 Å². The fourth-order valence-electron chi connectivity index (χ4n) is 3.13. The van der Waals surface area contributed by atoms with Crippen molar-refractivity contribution in [2.75, 3.05) is 13.7 Å². The molecule has 0 saturated heterocycles. The number of nitrogens with zero attached hydrogens (tertiary/aromatic N) is 3. The van der Waals surface area contributed by atoms with Gasteiger partial charge in [-0.3, -0.25) is 14.4 Å². The number of esters is 4. The zero-order chi connectivity index (χ0) is 27.6. The largest absolute Gasteiger partial charge is 0.477 e. The van der Waals surface area contributed by atoms with Crippen molar-refractivity contribution in [1.29, 1.82) is 0 Å². The Hall–Kier alpha value is -4.00. The van der Waals surface area contributed by atoms with E-state index in [0.29, 0.717) is 0 Å². The molecule has 0 aromatic rings. The van der Waals surface area contributed by atoms with E-state index in [1.54, 1.807) is 20.8 Å². The lowest BCUT2D eigenvalue weighted by Crippen LogP contribution is -2.61. The zero-order valence-electron chi connectivity index (χ0n) is 21.0. The predicted molar refractivity (Wildman–Crippen MR) is 119 cm³/mol. The lowest BCUT2D eigenvalue weighted by Gasteiger charge is -2.40. The number of hydrogen-bond donors (Lipinski definition) is 1. The Labute approximate surface area is 207 Å². The molecule has 0 aliphatic carbocycles. The first-order chi connectivity index (χ1) is 16.7. The Bertz CT molecular complexity index is 937. The van der Waals surface area contributed by atoms with Crippen molar-refractivity contribution in [2.45, 2.75) is 77.5 Å². The smallest absolute Gasteiger partial charge is 0.408 e. The molecule has 0 radical (unpaired) electrons. The summed E-state index contributed by atoms with van der Waals surface area (Å²) in [5.41, 5.74) is 8.18. The Morgan fingerprint density at radius 2 is 1.72 bits per heavy atom. The van der Waals surface area contributed by atoms with Crippen LogP contribution < -0.4 is 5.32 Å². The standard InChI is InChI=1S/C21H30N4O11/c1-10(26)32-9-15(33-11(2)27)17(34-12(3)28)18-16(23-20(30)36-21(4,5)6)13(24-25-22)8-14(35-18)19(29)31-7/h8,13,15-18H,9H2,1-7H3,(H,23,30). The summed E-state index contributed by atoms with van der Waals surface area (Å²) in [6.07, 6.45) is -4.40. The van der Waals surface area contributed by atoms with Gasteiger partial charge >= 0.3 is 30.0 Å². The van der Waals surface area contributed by atoms with Crippen molar-refractivity contribution in [1.82, 2.24) is 5.32 Å². The Kier molecular flexibility index (Phi) is 11.0. The van der Waals surface area contributed by atoms with Crippen LogP contribution >= 0.6 is 0 Å². The van der Waals surface area contributed by atoms with E-state index >= 15 is 0 Å². The minimum Gasteiger partial charge on any atom is -0.477 e. The van der Waals surface area contributed by atoms with Crippen LogP contribution in [0.1, 0.15) is 41.5 Å². The van der Waals surface area contributed by atoms with Crippen LogP contribution in [0.25, 0.3) is 10.4 Å². The summed E-state index contributed by atoms with van der Waals surface area (Å²) >= 11 is 0. The molecule has 1 aliphatic heterocycles. The third-order valence-electron chi connectivity index (χ3n) is 4.32. The van der Waals surface area contributed by atoms with Gasteiger partial charge in [0.25, 0.3) is 0 Å². The average molecular weight is 514 g/mol. The van der Waals surface area contributed by atoms with E-state index in [0.717, 1.165) is 34.0 Å². The Balaban J connectivity index is 3.64. The molecule has 0 bridgehead atoms. The number of amides is 1. The van der Waals surface area contributed by atoms with E-state index in [-0.39, 0.29) is 0 Å². The highest BCUT2D eigenvalue weighted by Crippen LogP contribution is 2.28. The number of nitrogens with one attached hydrogen (secondary N) is 1. The molecule has 0 saturated carbocycles. The van der Waals surface area contributed by atoms with Gasteiger partial charge in [0.05, 0.1) is 19.2 Å². The summed E-state index contributed by atoms with van der Waals surface area (Å²) in [5.74, 6) is -3.84. The monoisotopic (exact) mass is 514 g/mol. The summed E-state index contributed by atoms with van der Waals surface area (Å²) in [7, 11) is 1.07. The van der Waals surface area contributed by atoms with Crippen LogP contribution in [0.2, 0.25) is 0 Å². The van der Waals surface area contributed by atoms with E-state index in [2.05, 4.69) is 20.1 Å². The lowest BCUT2D eigenvalue weighted by molar-refractivity contribution is -0.187. The van der Waals surface area contributed by atoms with Crippen molar-refractivity contribution in [3.8, 4) is 0 Å². The van der Waals surface area contributed by atoms with Gasteiger partial charge in [-0.25, -0.2) is 9.59 Å². The first-order valence-corrected chi connectivity index (χ1v) is 10.7. The quantitative estimate of drug-likeness (QED) is 0.153. The van der Waals surface area contributed by atoms with Gasteiger partial charge in [0.2, 0.25) is 5.76 Å². The van der Waals surface area contributed by atoms with Gasteiger partial charge in [-0.2, -0.15) is 0 Å². The topological polar surface area (TPSA) is 202 Å². The predicted octanol–water partition coefficient (Wildman–Crippen LogP) is 1.44. The van der Waals surface area contributed by atoms with Crippen molar-refractivity contribution >= 4 is 30.0 Å². The molecule has 5 atom stereocenters. The molecule has 0 aromatic carbocycles. The highest BCUT2D eigenvalue weighted by atomic mass is 16.6. The minimum absolute atomic E-state index is 0.437. The first kappa shape index (κ1) is 30.0. The number of methoxy groups -OCH3 is 1. The van der Waals surface area contributed by atoms with Gasteiger partial charge < -0.3 is 33.7 Å². The maximum Gasteiger partial charge on any atom is 0.408 e. The molecule has 36 heavy (non-hydrogen) atoms. The van der Waals surface area contributed by atoms with Gasteiger partial charge in [0.1, 0.15) is 12.2 Å². The average Bonchev–Trinajstić information content (AvgIpc) is 2.74. The number of hydrogen-bond acceptors (Lipinski definition) is 12. The van der Waals surface area contributed by atoms with Crippen LogP contribution in [0.5, 0.6) is 0 Å². The molecule has 5 unspecified atom stereocenters. The number of ether oxygens (including phenoxy) is 6. The summed E-state index contributed by atoms with van der Waals surface area (Å²) < 4.78 is 31.2. The number of rotatable bonds is 9. The summed E-state index contributed by atoms with van der Waals surface area (Å²) in [6.45, 7) is 7.47. The van der Waals surface area contributed by atoms with Crippen molar-refractivity contribution in [3.63, 3.8) is 0 Å². The number of azide groups is 1. The molecule has 0 aromatic heterocycles. The maximum atomic E-state index is 12.6. The van der Waals surface area contributed by atoms with Crippen LogP contribution in [-0.4, -0.2) is 79.7 Å². The third kappa shape index (κ3) is 9.70. The highest BCUT2D eigenvalue weighted by Gasteiger charge is 2.48. The molecule has 15 nitrogen and oxygen atoms in total. The van der Waals surface area contributed by atoms with Gasteiger partial charge in [-0.05, 0) is 32.4 Å². The van der Waals surface area contributed by atoms with Crippen LogP contribution in [0.3, 0.4) is 0 Å². The molecule has 1 heterocycles. The summed E-state index contributed by atoms with van der Waals surface area (Å²) in [4.78, 5) is 62.8. The summed E-state index contributed by atoms with van der Waals surface area (Å²) in [6, 6.07) is -2.59. The van der Waals surface area contributed by atoms with E-state index in [4.69, 9.17) is 29.2 Å². The van der Waals surface area contributed by atoms with Crippen molar-refractivity contribution < 1.29 is 52.4 Å². The van der Waals surface area contributed by atoms with Gasteiger partial charge in [-0.1, -0.05) is 5.11 Å². The molecular weight excluding hydrogens is 484 g/mol. The summed E-state index contributed by atoms with van der Waals surface area (Å²) in [5, 5.41) is 6.08. The van der Waals surface area contributed by atoms with E-state index in [1.807, 2.05) is 0 Å².